The molecular weight excluding hydrogens is 400 g/mol. The van der Waals surface area contributed by atoms with E-state index in [-0.39, 0.29) is 29.1 Å². The number of hydrogen-bond donors (Lipinski definition) is 1. The number of benzene rings is 1. The lowest BCUT2D eigenvalue weighted by Gasteiger charge is -2.29. The molecule has 0 unspecified atom stereocenters. The Kier molecular flexibility index (Phi) is 6.29. The van der Waals surface area contributed by atoms with Crippen LogP contribution in [-0.4, -0.2) is 63.3 Å². The van der Waals surface area contributed by atoms with Gasteiger partial charge in [-0.05, 0) is 25.8 Å². The van der Waals surface area contributed by atoms with Crippen molar-refractivity contribution in [2.75, 3.05) is 18.1 Å². The van der Waals surface area contributed by atoms with Crippen molar-refractivity contribution in [3.8, 4) is 0 Å². The zero-order chi connectivity index (χ0) is 20.3. The monoisotopic (exact) mass is 424 g/mol. The predicted octanol–water partition coefficient (Wildman–Crippen LogP) is 1.14. The Bertz CT molecular complexity index is 985. The number of nitrogens with zero attached hydrogens (tertiary/aromatic N) is 3. The summed E-state index contributed by atoms with van der Waals surface area (Å²) >= 11 is 1.20. The molecule has 1 saturated heterocycles. The predicted molar refractivity (Wildman–Crippen MR) is 108 cm³/mol. The molecule has 1 aromatic heterocycles. The molecule has 10 heteroatoms. The minimum Gasteiger partial charge on any atom is -0.338 e. The fraction of sp³-hybridized carbons (Fsp3) is 0.500. The number of carbonyl (C=O) groups is 1. The second kappa shape index (κ2) is 8.52. The van der Waals surface area contributed by atoms with Gasteiger partial charge in [0.25, 0.3) is 0 Å². The summed E-state index contributed by atoms with van der Waals surface area (Å²) in [5, 5.41) is 6.45. The van der Waals surface area contributed by atoms with Crippen LogP contribution in [0.25, 0.3) is 0 Å². The lowest BCUT2D eigenvalue weighted by Crippen LogP contribution is -2.44. The average molecular weight is 425 g/mol. The molecule has 152 valence electrons. The van der Waals surface area contributed by atoms with Gasteiger partial charge in [0.2, 0.25) is 5.91 Å². The summed E-state index contributed by atoms with van der Waals surface area (Å²) in [7, 11) is -3.07. The Hall–Kier alpha value is -2.07. The van der Waals surface area contributed by atoms with Gasteiger partial charge in [0.05, 0.1) is 23.3 Å². The minimum absolute atomic E-state index is 0.0189. The van der Waals surface area contributed by atoms with Gasteiger partial charge >= 0.3 is 5.69 Å². The maximum atomic E-state index is 12.9. The van der Waals surface area contributed by atoms with E-state index in [0.29, 0.717) is 24.7 Å². The van der Waals surface area contributed by atoms with E-state index >= 15 is 0 Å². The van der Waals surface area contributed by atoms with Gasteiger partial charge in [-0.15, -0.1) is 5.10 Å². The third-order valence-corrected chi connectivity index (χ3v) is 7.64. The number of amides is 1. The van der Waals surface area contributed by atoms with Crippen LogP contribution in [0.1, 0.15) is 25.8 Å². The van der Waals surface area contributed by atoms with Crippen molar-refractivity contribution >= 4 is 27.5 Å². The zero-order valence-electron chi connectivity index (χ0n) is 15.9. The molecule has 2 atom stereocenters. The van der Waals surface area contributed by atoms with Crippen molar-refractivity contribution in [1.29, 1.82) is 0 Å². The van der Waals surface area contributed by atoms with E-state index in [1.807, 2.05) is 37.3 Å². The van der Waals surface area contributed by atoms with E-state index in [9.17, 15) is 18.0 Å². The van der Waals surface area contributed by atoms with E-state index in [1.54, 1.807) is 11.8 Å². The first-order chi connectivity index (χ1) is 13.3. The highest BCUT2D eigenvalue weighted by molar-refractivity contribution is 8.00. The quantitative estimate of drug-likeness (QED) is 0.668. The third-order valence-electron chi connectivity index (χ3n) is 4.81. The average Bonchev–Trinajstić information content (AvgIpc) is 3.19. The molecule has 0 bridgehead atoms. The molecule has 1 fully saturated rings. The fourth-order valence-corrected chi connectivity index (χ4v) is 6.01. The first-order valence-electron chi connectivity index (χ1n) is 9.17. The van der Waals surface area contributed by atoms with E-state index in [0.717, 1.165) is 5.56 Å². The Balaban J connectivity index is 1.73. The minimum atomic E-state index is -3.07. The number of sulfone groups is 1. The summed E-state index contributed by atoms with van der Waals surface area (Å²) in [4.78, 5) is 26.7. The maximum absolute atomic E-state index is 12.9. The van der Waals surface area contributed by atoms with Crippen LogP contribution in [0.2, 0.25) is 0 Å². The molecule has 2 heterocycles. The molecule has 1 aliphatic heterocycles. The van der Waals surface area contributed by atoms with Crippen molar-refractivity contribution in [2.24, 2.45) is 0 Å². The number of H-pyrrole nitrogens is 1. The molecule has 0 spiro atoms. The van der Waals surface area contributed by atoms with Crippen LogP contribution in [0.5, 0.6) is 0 Å². The summed E-state index contributed by atoms with van der Waals surface area (Å²) in [5.41, 5.74) is 0.624. The second-order valence-corrected chi connectivity index (χ2v) is 10.4. The van der Waals surface area contributed by atoms with Gasteiger partial charge in [-0.3, -0.25) is 9.36 Å². The van der Waals surface area contributed by atoms with E-state index < -0.39 is 15.1 Å². The summed E-state index contributed by atoms with van der Waals surface area (Å²) in [6.45, 7) is 4.41. The summed E-state index contributed by atoms with van der Waals surface area (Å²) in [5.74, 6) is 0.000592. The van der Waals surface area contributed by atoms with Crippen molar-refractivity contribution in [2.45, 2.75) is 43.3 Å². The molecular formula is C18H24N4O4S2. The molecule has 0 saturated carbocycles. The SMILES string of the molecule is CCN(C(=O)[C@@H](C)Sc1n[nH]c(=O)n1Cc1ccccc1)[C@@H]1CCS(=O)(=O)C1. The number of nitrogens with one attached hydrogen (secondary N) is 1. The van der Waals surface area contributed by atoms with Gasteiger partial charge < -0.3 is 4.90 Å². The summed E-state index contributed by atoms with van der Waals surface area (Å²) in [6, 6.07) is 9.25. The molecule has 1 N–H and O–H groups in total. The molecule has 1 aromatic carbocycles. The highest BCUT2D eigenvalue weighted by Crippen LogP contribution is 2.25. The number of hydrogen-bond acceptors (Lipinski definition) is 6. The highest BCUT2D eigenvalue weighted by Gasteiger charge is 2.35. The first-order valence-corrected chi connectivity index (χ1v) is 11.9. The number of carbonyl (C=O) groups excluding carboxylic acids is 1. The van der Waals surface area contributed by atoms with Crippen LogP contribution >= 0.6 is 11.8 Å². The molecule has 28 heavy (non-hydrogen) atoms. The molecule has 0 aliphatic carbocycles. The van der Waals surface area contributed by atoms with Crippen LogP contribution in [0, 0.1) is 0 Å². The van der Waals surface area contributed by atoms with Crippen LogP contribution in [0.15, 0.2) is 40.3 Å². The van der Waals surface area contributed by atoms with Crippen molar-refractivity contribution < 1.29 is 13.2 Å². The Morgan fingerprint density at radius 1 is 1.39 bits per heavy atom. The molecule has 0 radical (unpaired) electrons. The second-order valence-electron chi connectivity index (χ2n) is 6.82. The first kappa shape index (κ1) is 20.7. The number of rotatable bonds is 7. The third kappa shape index (κ3) is 4.67. The standard InChI is InChI=1S/C18H24N4O4S2/c1-3-21(15-9-10-28(25,26)12-15)16(23)13(2)27-18-20-19-17(24)22(18)11-14-7-5-4-6-8-14/h4-8,13,15H,3,9-12H2,1-2H3,(H,19,24)/t13-,15-/m1/s1. The molecule has 2 aromatic rings. The van der Waals surface area contributed by atoms with Crippen molar-refractivity contribution in [1.82, 2.24) is 19.7 Å². The highest BCUT2D eigenvalue weighted by atomic mass is 32.2. The van der Waals surface area contributed by atoms with Gasteiger partial charge in [-0.1, -0.05) is 42.1 Å². The van der Waals surface area contributed by atoms with Crippen LogP contribution in [-0.2, 0) is 21.2 Å². The Morgan fingerprint density at radius 2 is 2.11 bits per heavy atom. The van der Waals surface area contributed by atoms with Gasteiger partial charge in [-0.2, -0.15) is 0 Å². The number of thioether (sulfide) groups is 1. The smallest absolute Gasteiger partial charge is 0.338 e. The van der Waals surface area contributed by atoms with Crippen LogP contribution < -0.4 is 5.69 Å². The summed E-state index contributed by atoms with van der Waals surface area (Å²) < 4.78 is 25.0. The van der Waals surface area contributed by atoms with E-state index in [4.69, 9.17) is 0 Å². The Morgan fingerprint density at radius 3 is 2.71 bits per heavy atom. The molecule has 1 amide bonds. The zero-order valence-corrected chi connectivity index (χ0v) is 17.5. The largest absolute Gasteiger partial charge is 0.344 e. The lowest BCUT2D eigenvalue weighted by atomic mass is 10.2. The van der Waals surface area contributed by atoms with Gasteiger partial charge in [0, 0.05) is 12.6 Å². The van der Waals surface area contributed by atoms with Crippen LogP contribution in [0.4, 0.5) is 0 Å². The molecule has 1 aliphatic rings. The van der Waals surface area contributed by atoms with Gasteiger partial charge in [0.15, 0.2) is 15.0 Å². The number of aromatic nitrogens is 3. The Labute approximate surface area is 168 Å². The topological polar surface area (TPSA) is 105 Å². The van der Waals surface area contributed by atoms with E-state index in [1.165, 1.54) is 16.3 Å². The summed E-state index contributed by atoms with van der Waals surface area (Å²) in [6.07, 6.45) is 0.473. The fourth-order valence-electron chi connectivity index (χ4n) is 3.36. The maximum Gasteiger partial charge on any atom is 0.344 e. The normalized spacial score (nSPS) is 19.4. The van der Waals surface area contributed by atoms with E-state index in [2.05, 4.69) is 10.2 Å². The van der Waals surface area contributed by atoms with Crippen molar-refractivity contribution in [3.63, 3.8) is 0 Å². The lowest BCUT2D eigenvalue weighted by molar-refractivity contribution is -0.131. The number of aromatic amines is 1. The molecule has 8 nitrogen and oxygen atoms in total. The molecule has 3 rings (SSSR count). The van der Waals surface area contributed by atoms with Crippen molar-refractivity contribution in [3.05, 3.63) is 46.4 Å². The van der Waals surface area contributed by atoms with Gasteiger partial charge in [-0.25, -0.2) is 18.3 Å². The van der Waals surface area contributed by atoms with Crippen LogP contribution in [0.3, 0.4) is 0 Å². The van der Waals surface area contributed by atoms with Gasteiger partial charge in [0.1, 0.15) is 0 Å².